The molecule has 0 amide bonds. The van der Waals surface area contributed by atoms with Gasteiger partial charge in [0.15, 0.2) is 11.0 Å². The van der Waals surface area contributed by atoms with Crippen LogP contribution in [0, 0.1) is 0 Å². The van der Waals surface area contributed by atoms with Crippen molar-refractivity contribution in [2.75, 3.05) is 7.11 Å². The lowest BCUT2D eigenvalue weighted by Gasteiger charge is -2.19. The number of aromatic nitrogens is 3. The molecule has 0 bridgehead atoms. The van der Waals surface area contributed by atoms with Gasteiger partial charge in [-0.1, -0.05) is 88.8 Å². The number of methoxy groups -OCH3 is 1. The number of ether oxygens (including phenoxy) is 1. The van der Waals surface area contributed by atoms with Gasteiger partial charge in [0.25, 0.3) is 0 Å². The van der Waals surface area contributed by atoms with Crippen molar-refractivity contribution in [1.29, 1.82) is 0 Å². The van der Waals surface area contributed by atoms with Gasteiger partial charge >= 0.3 is 0 Å². The maximum Gasteiger partial charge on any atom is 0.196 e. The Labute approximate surface area is 207 Å². The fourth-order valence-corrected chi connectivity index (χ4v) is 4.84. The highest BCUT2D eigenvalue weighted by Crippen LogP contribution is 2.34. The molecule has 1 aromatic heterocycles. The molecule has 4 rings (SSSR count). The molecule has 4 aromatic rings. The molecular weight excluding hydrogens is 438 g/mol. The third-order valence-electron chi connectivity index (χ3n) is 5.97. The molecule has 0 fully saturated rings. The summed E-state index contributed by atoms with van der Waals surface area (Å²) in [4.78, 5) is 0. The first-order chi connectivity index (χ1) is 16.3. The van der Waals surface area contributed by atoms with Gasteiger partial charge in [0.1, 0.15) is 5.75 Å². The highest BCUT2D eigenvalue weighted by atomic mass is 32.2. The van der Waals surface area contributed by atoms with Crippen LogP contribution in [0.3, 0.4) is 0 Å². The van der Waals surface area contributed by atoms with Crippen LogP contribution in [-0.2, 0) is 11.2 Å². The number of rotatable bonds is 7. The summed E-state index contributed by atoms with van der Waals surface area (Å²) in [6, 6.07) is 25.5. The summed E-state index contributed by atoms with van der Waals surface area (Å²) in [7, 11) is 1.68. The van der Waals surface area contributed by atoms with Crippen molar-refractivity contribution >= 4 is 11.8 Å². The maximum atomic E-state index is 5.35. The van der Waals surface area contributed by atoms with Crippen LogP contribution in [0.5, 0.6) is 5.75 Å². The number of thioether (sulfide) groups is 1. The molecule has 0 aliphatic carbocycles. The van der Waals surface area contributed by atoms with Crippen molar-refractivity contribution in [1.82, 2.24) is 14.8 Å². The van der Waals surface area contributed by atoms with Crippen LogP contribution in [0.1, 0.15) is 57.2 Å². The van der Waals surface area contributed by atoms with E-state index in [4.69, 9.17) is 4.74 Å². The van der Waals surface area contributed by atoms with Crippen LogP contribution in [0.4, 0.5) is 0 Å². The molecule has 0 saturated heterocycles. The van der Waals surface area contributed by atoms with Crippen LogP contribution < -0.4 is 4.74 Å². The van der Waals surface area contributed by atoms with Crippen LogP contribution in [0.15, 0.2) is 78.0 Å². The summed E-state index contributed by atoms with van der Waals surface area (Å²) in [5, 5.41) is 10.1. The Morgan fingerprint density at radius 3 is 2.18 bits per heavy atom. The van der Waals surface area contributed by atoms with Gasteiger partial charge in [-0.05, 0) is 58.4 Å². The van der Waals surface area contributed by atoms with E-state index in [1.165, 1.54) is 16.7 Å². The van der Waals surface area contributed by atoms with E-state index >= 15 is 0 Å². The second kappa shape index (κ2) is 10.1. The smallest absolute Gasteiger partial charge is 0.196 e. The standard InChI is InChI=1S/C29H33N3OS/c1-20(2)25-9-7-8-10-26(25)32-27(22-13-17-24(33-6)18-14-22)30-31-28(32)34-19-21-11-15-23(16-12-21)29(3,4)5/h7-18,20H,19H2,1-6H3. The number of nitrogens with zero attached hydrogens (tertiary/aromatic N) is 3. The first-order valence-electron chi connectivity index (χ1n) is 11.7. The van der Waals surface area contributed by atoms with Crippen LogP contribution in [0.25, 0.3) is 17.1 Å². The molecule has 3 aromatic carbocycles. The Morgan fingerprint density at radius 2 is 1.56 bits per heavy atom. The van der Waals surface area contributed by atoms with Gasteiger partial charge in [-0.2, -0.15) is 0 Å². The van der Waals surface area contributed by atoms with E-state index in [2.05, 4.69) is 97.9 Å². The number of hydrogen-bond acceptors (Lipinski definition) is 4. The van der Waals surface area contributed by atoms with E-state index in [1.807, 2.05) is 24.3 Å². The van der Waals surface area contributed by atoms with Crippen molar-refractivity contribution in [3.63, 3.8) is 0 Å². The van der Waals surface area contributed by atoms with E-state index < -0.39 is 0 Å². The maximum absolute atomic E-state index is 5.35. The molecule has 34 heavy (non-hydrogen) atoms. The van der Waals surface area contributed by atoms with E-state index in [-0.39, 0.29) is 5.41 Å². The van der Waals surface area contributed by atoms with E-state index in [1.54, 1.807) is 18.9 Å². The molecule has 0 saturated carbocycles. The lowest BCUT2D eigenvalue weighted by atomic mass is 9.87. The van der Waals surface area contributed by atoms with Gasteiger partial charge in [0.05, 0.1) is 12.8 Å². The van der Waals surface area contributed by atoms with Gasteiger partial charge in [-0.25, -0.2) is 0 Å². The van der Waals surface area contributed by atoms with Gasteiger partial charge in [0, 0.05) is 11.3 Å². The Balaban J connectivity index is 1.72. The summed E-state index contributed by atoms with van der Waals surface area (Å²) in [6.45, 7) is 11.2. The first kappa shape index (κ1) is 24.1. The Bertz CT molecular complexity index is 1240. The fraction of sp³-hybridized carbons (Fsp3) is 0.310. The van der Waals surface area contributed by atoms with Crippen molar-refractivity contribution < 1.29 is 4.74 Å². The van der Waals surface area contributed by atoms with Crippen molar-refractivity contribution in [3.05, 3.63) is 89.5 Å². The summed E-state index contributed by atoms with van der Waals surface area (Å²) < 4.78 is 7.55. The highest BCUT2D eigenvalue weighted by molar-refractivity contribution is 7.98. The zero-order valence-electron chi connectivity index (χ0n) is 20.9. The van der Waals surface area contributed by atoms with Gasteiger partial charge < -0.3 is 4.74 Å². The lowest BCUT2D eigenvalue weighted by Crippen LogP contribution is -2.10. The topological polar surface area (TPSA) is 39.9 Å². The predicted molar refractivity (Wildman–Crippen MR) is 142 cm³/mol. The third-order valence-corrected chi connectivity index (χ3v) is 6.97. The zero-order valence-corrected chi connectivity index (χ0v) is 21.7. The largest absolute Gasteiger partial charge is 0.497 e. The summed E-state index contributed by atoms with van der Waals surface area (Å²) >= 11 is 1.72. The molecule has 0 aliphatic rings. The monoisotopic (exact) mass is 471 g/mol. The van der Waals surface area contributed by atoms with E-state index in [9.17, 15) is 0 Å². The number of para-hydroxylation sites is 1. The molecule has 0 unspecified atom stereocenters. The summed E-state index contributed by atoms with van der Waals surface area (Å²) in [5.41, 5.74) is 6.17. The molecule has 5 heteroatoms. The minimum atomic E-state index is 0.152. The van der Waals surface area contributed by atoms with E-state index in [0.717, 1.165) is 33.7 Å². The molecule has 0 atom stereocenters. The number of benzene rings is 3. The summed E-state index contributed by atoms with van der Waals surface area (Å²) in [5.74, 6) is 2.87. The zero-order chi connectivity index (χ0) is 24.3. The van der Waals surface area contributed by atoms with E-state index in [0.29, 0.717) is 5.92 Å². The van der Waals surface area contributed by atoms with Gasteiger partial charge in [-0.3, -0.25) is 4.57 Å². The van der Waals surface area contributed by atoms with Gasteiger partial charge in [0.2, 0.25) is 0 Å². The second-order valence-electron chi connectivity index (χ2n) is 9.82. The quantitative estimate of drug-likeness (QED) is 0.259. The minimum Gasteiger partial charge on any atom is -0.497 e. The molecule has 0 aliphatic heterocycles. The van der Waals surface area contributed by atoms with Crippen LogP contribution in [-0.4, -0.2) is 21.9 Å². The van der Waals surface area contributed by atoms with Crippen LogP contribution in [0.2, 0.25) is 0 Å². The Morgan fingerprint density at radius 1 is 0.882 bits per heavy atom. The third kappa shape index (κ3) is 5.20. The Kier molecular flexibility index (Phi) is 7.13. The fourth-order valence-electron chi connectivity index (χ4n) is 3.94. The van der Waals surface area contributed by atoms with Crippen LogP contribution >= 0.6 is 11.8 Å². The predicted octanol–water partition coefficient (Wildman–Crippen LogP) is 7.66. The average Bonchev–Trinajstić information content (AvgIpc) is 3.26. The van der Waals surface area contributed by atoms with Crippen molar-refractivity contribution in [2.45, 2.75) is 56.9 Å². The molecule has 1 heterocycles. The van der Waals surface area contributed by atoms with Crippen molar-refractivity contribution in [2.24, 2.45) is 0 Å². The molecule has 0 radical (unpaired) electrons. The Hall–Kier alpha value is -3.05. The van der Waals surface area contributed by atoms with Crippen molar-refractivity contribution in [3.8, 4) is 22.8 Å². The molecule has 0 N–H and O–H groups in total. The second-order valence-corrected chi connectivity index (χ2v) is 10.8. The lowest BCUT2D eigenvalue weighted by molar-refractivity contribution is 0.415. The SMILES string of the molecule is COc1ccc(-c2nnc(SCc3ccc(C(C)(C)C)cc3)n2-c2ccccc2C(C)C)cc1. The molecule has 176 valence electrons. The molecule has 0 spiro atoms. The summed E-state index contributed by atoms with van der Waals surface area (Å²) in [6.07, 6.45) is 0. The minimum absolute atomic E-state index is 0.152. The van der Waals surface area contributed by atoms with Gasteiger partial charge in [-0.15, -0.1) is 10.2 Å². The first-order valence-corrected chi connectivity index (χ1v) is 12.7. The number of hydrogen-bond donors (Lipinski definition) is 0. The molecular formula is C29H33N3OS. The molecule has 4 nitrogen and oxygen atoms in total. The average molecular weight is 472 g/mol. The highest BCUT2D eigenvalue weighted by Gasteiger charge is 2.20. The normalized spacial score (nSPS) is 11.7.